The first-order valence-electron chi connectivity index (χ1n) is 10.3. The van der Waals surface area contributed by atoms with Crippen molar-refractivity contribution in [3.05, 3.63) is 30.3 Å². The summed E-state index contributed by atoms with van der Waals surface area (Å²) >= 11 is 0. The first-order chi connectivity index (χ1) is 13.6. The van der Waals surface area contributed by atoms with Crippen LogP contribution in [0.5, 0.6) is 0 Å². The number of amides is 2. The highest BCUT2D eigenvalue weighted by molar-refractivity contribution is 5.99. The van der Waals surface area contributed by atoms with Gasteiger partial charge in [-0.3, -0.25) is 14.5 Å². The van der Waals surface area contributed by atoms with Gasteiger partial charge in [-0.05, 0) is 31.4 Å². The molecule has 3 aliphatic heterocycles. The Balaban J connectivity index is 0.00000240. The van der Waals surface area contributed by atoms with Gasteiger partial charge in [-0.2, -0.15) is 0 Å². The smallest absolute Gasteiger partial charge is 0.244 e. The van der Waals surface area contributed by atoms with E-state index in [2.05, 4.69) is 4.90 Å². The molecule has 0 radical (unpaired) electrons. The van der Waals surface area contributed by atoms with Crippen molar-refractivity contribution < 1.29 is 14.3 Å². The van der Waals surface area contributed by atoms with Crippen LogP contribution in [-0.4, -0.2) is 80.1 Å². The molecule has 0 bridgehead atoms. The van der Waals surface area contributed by atoms with E-state index in [1.165, 1.54) is 0 Å². The second kappa shape index (κ2) is 9.43. The minimum Gasteiger partial charge on any atom is -0.381 e. The highest BCUT2D eigenvalue weighted by Crippen LogP contribution is 2.32. The molecule has 0 aromatic heterocycles. The predicted octanol–water partition coefficient (Wildman–Crippen LogP) is 1.11. The van der Waals surface area contributed by atoms with Crippen molar-refractivity contribution in [3.8, 4) is 0 Å². The molecule has 2 N–H and O–H groups in total. The molecule has 3 fully saturated rings. The summed E-state index contributed by atoms with van der Waals surface area (Å²) in [5.41, 5.74) is 6.50. The second-order valence-corrected chi connectivity index (χ2v) is 8.05. The molecular formula is C21H31ClN4O3. The largest absolute Gasteiger partial charge is 0.381 e. The molecule has 1 atom stereocenters. The van der Waals surface area contributed by atoms with Crippen molar-refractivity contribution in [1.82, 2.24) is 9.80 Å². The Labute approximate surface area is 178 Å². The van der Waals surface area contributed by atoms with Gasteiger partial charge in [-0.25, -0.2) is 0 Å². The molecule has 1 unspecified atom stereocenters. The first kappa shape index (κ1) is 22.0. The average Bonchev–Trinajstić information content (AvgIpc) is 3.15. The number of rotatable bonds is 4. The van der Waals surface area contributed by atoms with E-state index in [1.54, 1.807) is 0 Å². The molecule has 3 heterocycles. The van der Waals surface area contributed by atoms with Gasteiger partial charge >= 0.3 is 0 Å². The zero-order chi connectivity index (χ0) is 19.6. The maximum absolute atomic E-state index is 13.1. The molecule has 1 aromatic rings. The number of hydrogen-bond acceptors (Lipinski definition) is 5. The number of nitrogens with two attached hydrogens (primary N) is 1. The van der Waals surface area contributed by atoms with E-state index < -0.39 is 5.41 Å². The molecule has 7 nitrogen and oxygen atoms in total. The van der Waals surface area contributed by atoms with Crippen LogP contribution in [0.3, 0.4) is 0 Å². The van der Waals surface area contributed by atoms with Crippen LogP contribution in [0.4, 0.5) is 5.69 Å². The van der Waals surface area contributed by atoms with Gasteiger partial charge in [-0.15, -0.1) is 12.4 Å². The Morgan fingerprint density at radius 2 is 1.72 bits per heavy atom. The fourth-order valence-electron chi connectivity index (χ4n) is 4.71. The molecule has 0 spiro atoms. The molecule has 0 aliphatic carbocycles. The molecule has 0 saturated carbocycles. The normalized spacial score (nSPS) is 25.0. The van der Waals surface area contributed by atoms with Crippen molar-refractivity contribution >= 4 is 29.9 Å². The summed E-state index contributed by atoms with van der Waals surface area (Å²) in [5.74, 6) is 0.343. The van der Waals surface area contributed by atoms with Crippen molar-refractivity contribution in [2.45, 2.75) is 25.3 Å². The van der Waals surface area contributed by atoms with Gasteiger partial charge in [0.2, 0.25) is 11.8 Å². The van der Waals surface area contributed by atoms with E-state index in [9.17, 15) is 9.59 Å². The lowest BCUT2D eigenvalue weighted by atomic mass is 9.78. The molecule has 4 rings (SSSR count). The third-order valence-electron chi connectivity index (χ3n) is 6.58. The molecular weight excluding hydrogens is 392 g/mol. The Morgan fingerprint density at radius 1 is 1.07 bits per heavy atom. The molecule has 160 valence electrons. The van der Waals surface area contributed by atoms with Gasteiger partial charge in [0.15, 0.2) is 0 Å². The van der Waals surface area contributed by atoms with E-state index in [0.717, 1.165) is 31.7 Å². The summed E-state index contributed by atoms with van der Waals surface area (Å²) in [6.07, 6.45) is 2.25. The number of carbonyl (C=O) groups excluding carboxylic acids is 2. The lowest BCUT2D eigenvalue weighted by Crippen LogP contribution is -2.58. The highest BCUT2D eigenvalue weighted by Gasteiger charge is 2.43. The third-order valence-corrected chi connectivity index (χ3v) is 6.58. The molecule has 29 heavy (non-hydrogen) atoms. The van der Waals surface area contributed by atoms with Crippen LogP contribution in [0.2, 0.25) is 0 Å². The van der Waals surface area contributed by atoms with Crippen LogP contribution in [0.1, 0.15) is 19.3 Å². The highest BCUT2D eigenvalue weighted by atomic mass is 35.5. The molecule has 1 aromatic carbocycles. The van der Waals surface area contributed by atoms with E-state index in [-0.39, 0.29) is 30.3 Å². The quantitative estimate of drug-likeness (QED) is 0.786. The number of piperazine rings is 1. The summed E-state index contributed by atoms with van der Waals surface area (Å²) in [5, 5.41) is 0. The average molecular weight is 423 g/mol. The number of anilines is 1. The molecule has 3 saturated heterocycles. The van der Waals surface area contributed by atoms with E-state index >= 15 is 0 Å². The molecule has 3 aliphatic rings. The van der Waals surface area contributed by atoms with E-state index in [4.69, 9.17) is 10.5 Å². The summed E-state index contributed by atoms with van der Waals surface area (Å²) in [6.45, 7) is 5.14. The minimum atomic E-state index is -0.465. The number of nitrogens with zero attached hydrogens (tertiary/aromatic N) is 3. The lowest BCUT2D eigenvalue weighted by Gasteiger charge is -2.43. The number of ether oxygens (including phenoxy) is 1. The van der Waals surface area contributed by atoms with Crippen LogP contribution in [0.15, 0.2) is 30.3 Å². The monoisotopic (exact) mass is 422 g/mol. The van der Waals surface area contributed by atoms with Crippen molar-refractivity contribution in [3.63, 3.8) is 0 Å². The molecule has 2 amide bonds. The van der Waals surface area contributed by atoms with E-state index in [0.29, 0.717) is 45.7 Å². The van der Waals surface area contributed by atoms with Gasteiger partial charge in [0.05, 0.1) is 11.5 Å². The number of para-hydroxylation sites is 1. The number of carbonyl (C=O) groups is 2. The molecule has 8 heteroatoms. The maximum Gasteiger partial charge on any atom is 0.244 e. The fraction of sp³-hybridized carbons (Fsp3) is 0.619. The van der Waals surface area contributed by atoms with Gasteiger partial charge in [0.1, 0.15) is 0 Å². The van der Waals surface area contributed by atoms with E-state index in [1.807, 2.05) is 40.1 Å². The van der Waals surface area contributed by atoms with Crippen molar-refractivity contribution in [1.29, 1.82) is 0 Å². The zero-order valence-electron chi connectivity index (χ0n) is 16.8. The van der Waals surface area contributed by atoms with Crippen LogP contribution in [-0.2, 0) is 14.3 Å². The minimum absolute atomic E-state index is 0. The van der Waals surface area contributed by atoms with Gasteiger partial charge < -0.3 is 20.3 Å². The number of halogens is 1. The van der Waals surface area contributed by atoms with Crippen LogP contribution >= 0.6 is 12.4 Å². The second-order valence-electron chi connectivity index (χ2n) is 8.05. The Morgan fingerprint density at radius 3 is 2.34 bits per heavy atom. The summed E-state index contributed by atoms with van der Waals surface area (Å²) in [6, 6.07) is 9.77. The van der Waals surface area contributed by atoms with Gasteiger partial charge in [-0.1, -0.05) is 18.2 Å². The Kier molecular flexibility index (Phi) is 7.16. The van der Waals surface area contributed by atoms with Crippen LogP contribution in [0, 0.1) is 5.41 Å². The standard InChI is InChI=1S/C21H30N4O3.ClH/c22-16-21(7-14-28-15-8-21)20(27)24-12-10-23(11-13-24)18-6-9-25(19(18)26)17-4-2-1-3-5-17;/h1-5,18H,6-16,22H2;1H. The maximum atomic E-state index is 13.1. The van der Waals surface area contributed by atoms with Crippen LogP contribution < -0.4 is 10.6 Å². The van der Waals surface area contributed by atoms with Gasteiger partial charge in [0.25, 0.3) is 0 Å². The third kappa shape index (κ3) is 4.28. The lowest BCUT2D eigenvalue weighted by molar-refractivity contribution is -0.149. The zero-order valence-corrected chi connectivity index (χ0v) is 17.6. The topological polar surface area (TPSA) is 79.1 Å². The number of benzene rings is 1. The first-order valence-corrected chi connectivity index (χ1v) is 10.3. The van der Waals surface area contributed by atoms with Crippen molar-refractivity contribution in [2.24, 2.45) is 11.1 Å². The Hall–Kier alpha value is -1.67. The van der Waals surface area contributed by atoms with Crippen molar-refractivity contribution in [2.75, 3.05) is 57.4 Å². The Bertz CT molecular complexity index is 703. The number of hydrogen-bond donors (Lipinski definition) is 1. The van der Waals surface area contributed by atoms with Crippen LogP contribution in [0.25, 0.3) is 0 Å². The summed E-state index contributed by atoms with van der Waals surface area (Å²) in [7, 11) is 0. The summed E-state index contributed by atoms with van der Waals surface area (Å²) in [4.78, 5) is 32.1. The fourth-order valence-corrected chi connectivity index (χ4v) is 4.71. The summed E-state index contributed by atoms with van der Waals surface area (Å²) < 4.78 is 5.43. The SMILES string of the molecule is Cl.NCC1(C(=O)N2CCN(C3CCN(c4ccccc4)C3=O)CC2)CCOCC1. The van der Waals surface area contributed by atoms with Gasteiger partial charge in [0, 0.05) is 58.2 Å². The predicted molar refractivity (Wildman–Crippen MR) is 114 cm³/mol.